The summed E-state index contributed by atoms with van der Waals surface area (Å²) in [7, 11) is 0. The van der Waals surface area contributed by atoms with Crippen molar-refractivity contribution in [3.8, 4) is 0 Å². The van der Waals surface area contributed by atoms with Crippen molar-refractivity contribution in [1.29, 1.82) is 0 Å². The highest BCUT2D eigenvalue weighted by Gasteiger charge is 2.34. The van der Waals surface area contributed by atoms with Crippen LogP contribution < -0.4 is 0 Å². The molecule has 7 heteroatoms. The molecule has 28 heavy (non-hydrogen) atoms. The molecular weight excluding hydrogens is 358 g/mol. The second kappa shape index (κ2) is 8.90. The van der Waals surface area contributed by atoms with Crippen LogP contribution in [-0.2, 0) is 20.8 Å². The lowest BCUT2D eigenvalue weighted by Crippen LogP contribution is -2.42. The summed E-state index contributed by atoms with van der Waals surface area (Å²) in [6.07, 6.45) is 5.45. The normalized spacial score (nSPS) is 22.3. The molecule has 3 heterocycles. The van der Waals surface area contributed by atoms with Crippen LogP contribution in [0.4, 0.5) is 4.79 Å². The molecule has 0 spiro atoms. The summed E-state index contributed by atoms with van der Waals surface area (Å²) >= 11 is 0. The summed E-state index contributed by atoms with van der Waals surface area (Å²) in [4.78, 5) is 33.1. The Balaban J connectivity index is 1.62. The zero-order valence-corrected chi connectivity index (χ0v) is 17.1. The highest BCUT2D eigenvalue weighted by molar-refractivity contribution is 5.81. The van der Waals surface area contributed by atoms with Gasteiger partial charge in [-0.1, -0.05) is 6.07 Å². The second-order valence-corrected chi connectivity index (χ2v) is 8.66. The van der Waals surface area contributed by atoms with Crippen molar-refractivity contribution >= 4 is 12.0 Å². The monoisotopic (exact) mass is 389 g/mol. The number of carbonyl (C=O) groups is 2. The van der Waals surface area contributed by atoms with Crippen LogP contribution in [0.25, 0.3) is 0 Å². The number of aromatic nitrogens is 1. The Morgan fingerprint density at radius 3 is 2.82 bits per heavy atom. The lowest BCUT2D eigenvalue weighted by atomic mass is 10.1. The number of rotatable bonds is 5. The van der Waals surface area contributed by atoms with Crippen LogP contribution in [0.15, 0.2) is 24.5 Å². The Bertz CT molecular complexity index is 668. The van der Waals surface area contributed by atoms with Crippen molar-refractivity contribution in [3.05, 3.63) is 30.1 Å². The van der Waals surface area contributed by atoms with Gasteiger partial charge in [-0.15, -0.1) is 0 Å². The van der Waals surface area contributed by atoms with E-state index in [0.717, 1.165) is 24.8 Å². The number of nitrogens with zero attached hydrogens (tertiary/aromatic N) is 3. The van der Waals surface area contributed by atoms with Gasteiger partial charge in [0.15, 0.2) is 0 Å². The summed E-state index contributed by atoms with van der Waals surface area (Å²) in [6, 6.07) is 3.86. The average molecular weight is 389 g/mol. The van der Waals surface area contributed by atoms with E-state index in [4.69, 9.17) is 9.47 Å². The van der Waals surface area contributed by atoms with Gasteiger partial charge < -0.3 is 19.3 Å². The Kier molecular flexibility index (Phi) is 6.54. The molecule has 7 nitrogen and oxygen atoms in total. The smallest absolute Gasteiger partial charge is 0.410 e. The van der Waals surface area contributed by atoms with Crippen LogP contribution in [-0.4, -0.2) is 64.7 Å². The maximum Gasteiger partial charge on any atom is 0.410 e. The van der Waals surface area contributed by atoms with Crippen LogP contribution in [0.1, 0.15) is 45.6 Å². The molecule has 1 aromatic rings. The molecule has 154 valence electrons. The van der Waals surface area contributed by atoms with Crippen LogP contribution >= 0.6 is 0 Å². The molecule has 2 atom stereocenters. The summed E-state index contributed by atoms with van der Waals surface area (Å²) in [5, 5.41) is 0. The molecule has 0 saturated carbocycles. The molecule has 2 fully saturated rings. The zero-order chi connectivity index (χ0) is 20.1. The van der Waals surface area contributed by atoms with Crippen LogP contribution in [0.3, 0.4) is 0 Å². The van der Waals surface area contributed by atoms with Gasteiger partial charge in [-0.25, -0.2) is 4.79 Å². The molecule has 2 amide bonds. The number of hydrogen-bond acceptors (Lipinski definition) is 5. The zero-order valence-electron chi connectivity index (χ0n) is 17.1. The molecule has 1 aromatic heterocycles. The molecule has 0 aromatic carbocycles. The lowest BCUT2D eigenvalue weighted by molar-refractivity contribution is -0.142. The summed E-state index contributed by atoms with van der Waals surface area (Å²) in [5.41, 5.74) is 0.493. The standard InChI is InChI=1S/C21H31N3O4/c1-21(2,3)28-20(26)23-10-8-17(14-23)15-24(13-16-6-4-9-22-12-16)19(25)18-7-5-11-27-18/h4,6,9,12,17-18H,5,7-8,10-11,13-15H2,1-3H3/t17?,18-/m0/s1. The SMILES string of the molecule is CC(C)(C)OC(=O)N1CCC(CN(Cc2cccnc2)C(=O)[C@@H]2CCCO2)C1. The third-order valence-electron chi connectivity index (χ3n) is 5.03. The molecule has 0 N–H and O–H groups in total. The predicted molar refractivity (Wildman–Crippen MR) is 105 cm³/mol. The van der Waals surface area contributed by atoms with E-state index in [1.165, 1.54) is 0 Å². The van der Waals surface area contributed by atoms with E-state index in [-0.39, 0.29) is 24.0 Å². The van der Waals surface area contributed by atoms with Crippen molar-refractivity contribution in [3.63, 3.8) is 0 Å². The maximum absolute atomic E-state index is 13.0. The molecule has 0 aliphatic carbocycles. The Morgan fingerprint density at radius 1 is 1.36 bits per heavy atom. The number of carbonyl (C=O) groups excluding carboxylic acids is 2. The van der Waals surface area contributed by atoms with Crippen molar-refractivity contribution in [2.45, 2.75) is 58.3 Å². The lowest BCUT2D eigenvalue weighted by Gasteiger charge is -2.28. The quantitative estimate of drug-likeness (QED) is 0.774. The minimum Gasteiger partial charge on any atom is -0.444 e. The number of amides is 2. The summed E-state index contributed by atoms with van der Waals surface area (Å²) in [5.74, 6) is 0.270. The third-order valence-corrected chi connectivity index (χ3v) is 5.03. The van der Waals surface area contributed by atoms with Gasteiger partial charge in [0.25, 0.3) is 5.91 Å². The van der Waals surface area contributed by atoms with E-state index in [1.807, 2.05) is 37.8 Å². The van der Waals surface area contributed by atoms with Gasteiger partial charge in [-0.3, -0.25) is 9.78 Å². The Hall–Kier alpha value is -2.15. The van der Waals surface area contributed by atoms with E-state index in [2.05, 4.69) is 4.98 Å². The minimum atomic E-state index is -0.503. The number of hydrogen-bond donors (Lipinski definition) is 0. The Labute approximate surface area is 167 Å². The summed E-state index contributed by atoms with van der Waals surface area (Å²) in [6.45, 7) is 8.64. The Morgan fingerprint density at radius 2 is 2.18 bits per heavy atom. The molecule has 2 saturated heterocycles. The van der Waals surface area contributed by atoms with Gasteiger partial charge >= 0.3 is 6.09 Å². The fourth-order valence-corrected chi connectivity index (χ4v) is 3.71. The molecule has 0 radical (unpaired) electrons. The van der Waals surface area contributed by atoms with Gasteiger partial charge in [-0.05, 0) is 57.6 Å². The highest BCUT2D eigenvalue weighted by Crippen LogP contribution is 2.23. The van der Waals surface area contributed by atoms with Gasteiger partial charge in [0.1, 0.15) is 11.7 Å². The topological polar surface area (TPSA) is 72.0 Å². The van der Waals surface area contributed by atoms with Gasteiger partial charge in [-0.2, -0.15) is 0 Å². The first-order valence-corrected chi connectivity index (χ1v) is 10.1. The van der Waals surface area contributed by atoms with Crippen molar-refractivity contribution in [2.75, 3.05) is 26.2 Å². The minimum absolute atomic E-state index is 0.0390. The van der Waals surface area contributed by atoms with Crippen LogP contribution in [0, 0.1) is 5.92 Å². The molecule has 1 unspecified atom stereocenters. The number of likely N-dealkylation sites (tertiary alicyclic amines) is 1. The highest BCUT2D eigenvalue weighted by atomic mass is 16.6. The van der Waals surface area contributed by atoms with E-state index in [1.54, 1.807) is 17.3 Å². The first-order chi connectivity index (χ1) is 13.3. The van der Waals surface area contributed by atoms with Gasteiger partial charge in [0.2, 0.25) is 0 Å². The van der Waals surface area contributed by atoms with Crippen molar-refractivity contribution in [2.24, 2.45) is 5.92 Å². The number of pyridine rings is 1. The molecule has 2 aliphatic rings. The van der Waals surface area contributed by atoms with Crippen molar-refractivity contribution < 1.29 is 19.1 Å². The van der Waals surface area contributed by atoms with E-state index in [9.17, 15) is 9.59 Å². The van der Waals surface area contributed by atoms with Gasteiger partial charge in [0.05, 0.1) is 0 Å². The second-order valence-electron chi connectivity index (χ2n) is 8.66. The van der Waals surface area contributed by atoms with E-state index < -0.39 is 5.60 Å². The van der Waals surface area contributed by atoms with Crippen LogP contribution in [0.5, 0.6) is 0 Å². The predicted octanol–water partition coefficient (Wildman–Crippen LogP) is 2.85. The molecule has 0 bridgehead atoms. The molecular formula is C21H31N3O4. The maximum atomic E-state index is 13.0. The molecule has 3 rings (SSSR count). The van der Waals surface area contributed by atoms with E-state index in [0.29, 0.717) is 32.8 Å². The third kappa shape index (κ3) is 5.67. The average Bonchev–Trinajstić information content (AvgIpc) is 3.32. The fraction of sp³-hybridized carbons (Fsp3) is 0.667. The molecule has 2 aliphatic heterocycles. The first-order valence-electron chi connectivity index (χ1n) is 10.1. The largest absolute Gasteiger partial charge is 0.444 e. The van der Waals surface area contributed by atoms with Crippen molar-refractivity contribution in [1.82, 2.24) is 14.8 Å². The van der Waals surface area contributed by atoms with Gasteiger partial charge in [0, 0.05) is 45.2 Å². The summed E-state index contributed by atoms with van der Waals surface area (Å²) < 4.78 is 11.1. The van der Waals surface area contributed by atoms with E-state index >= 15 is 0 Å². The first kappa shape index (κ1) is 20.6. The van der Waals surface area contributed by atoms with Crippen LogP contribution in [0.2, 0.25) is 0 Å². The fourth-order valence-electron chi connectivity index (χ4n) is 3.71. The number of ether oxygens (including phenoxy) is 2.